The van der Waals surface area contributed by atoms with Gasteiger partial charge in [0.25, 0.3) is 5.91 Å². The predicted molar refractivity (Wildman–Crippen MR) is 83.6 cm³/mol. The molecule has 7 heteroatoms. The highest BCUT2D eigenvalue weighted by Gasteiger charge is 2.32. The van der Waals surface area contributed by atoms with Gasteiger partial charge >= 0.3 is 6.18 Å². The first kappa shape index (κ1) is 16.4. The van der Waals surface area contributed by atoms with Gasteiger partial charge in [-0.3, -0.25) is 9.78 Å². The summed E-state index contributed by atoms with van der Waals surface area (Å²) in [5.41, 5.74) is 7.89. The zero-order valence-electron chi connectivity index (χ0n) is 12.7. The minimum absolute atomic E-state index is 0.0720. The van der Waals surface area contributed by atoms with Gasteiger partial charge < -0.3 is 11.1 Å². The molecular formula is C17H16F3N3O. The zero-order valence-corrected chi connectivity index (χ0v) is 12.7. The molecule has 0 unspecified atom stereocenters. The number of nitrogens with zero attached hydrogens (tertiary/aromatic N) is 1. The molecule has 1 aliphatic carbocycles. The van der Waals surface area contributed by atoms with Gasteiger partial charge in [0, 0.05) is 17.9 Å². The number of alkyl halides is 3. The van der Waals surface area contributed by atoms with E-state index in [1.165, 1.54) is 5.56 Å². The number of aryl methyl sites for hydroxylation is 1. The summed E-state index contributed by atoms with van der Waals surface area (Å²) >= 11 is 0. The lowest BCUT2D eigenvalue weighted by Crippen LogP contribution is -2.27. The Labute approximate surface area is 136 Å². The van der Waals surface area contributed by atoms with Crippen molar-refractivity contribution >= 4 is 11.6 Å². The van der Waals surface area contributed by atoms with Crippen molar-refractivity contribution in [1.29, 1.82) is 0 Å². The summed E-state index contributed by atoms with van der Waals surface area (Å²) < 4.78 is 37.5. The molecule has 2 aromatic rings. The Morgan fingerprint density at radius 2 is 2.00 bits per heavy atom. The summed E-state index contributed by atoms with van der Waals surface area (Å²) in [6.07, 6.45) is -1.04. The van der Waals surface area contributed by atoms with Gasteiger partial charge in [-0.15, -0.1) is 0 Å². The second kappa shape index (κ2) is 6.24. The average molecular weight is 335 g/mol. The van der Waals surface area contributed by atoms with Crippen molar-refractivity contribution in [3.05, 3.63) is 58.9 Å². The van der Waals surface area contributed by atoms with Gasteiger partial charge in [0.1, 0.15) is 5.69 Å². The molecule has 0 radical (unpaired) electrons. The topological polar surface area (TPSA) is 68.0 Å². The number of carbonyl (C=O) groups is 1. The van der Waals surface area contributed by atoms with E-state index in [0.717, 1.165) is 43.2 Å². The number of carbonyl (C=O) groups excluding carboxylic acids is 1. The molecule has 1 aliphatic rings. The molecule has 0 saturated carbocycles. The van der Waals surface area contributed by atoms with E-state index in [0.29, 0.717) is 5.69 Å². The molecule has 126 valence electrons. The van der Waals surface area contributed by atoms with E-state index >= 15 is 0 Å². The number of rotatable bonds is 2. The number of halogens is 3. The molecule has 1 aromatic heterocycles. The summed E-state index contributed by atoms with van der Waals surface area (Å²) in [4.78, 5) is 15.4. The van der Waals surface area contributed by atoms with Crippen LogP contribution in [0.25, 0.3) is 0 Å². The van der Waals surface area contributed by atoms with Gasteiger partial charge in [-0.25, -0.2) is 0 Å². The van der Waals surface area contributed by atoms with Crippen LogP contribution in [0.2, 0.25) is 0 Å². The van der Waals surface area contributed by atoms with E-state index in [2.05, 4.69) is 10.3 Å². The van der Waals surface area contributed by atoms with Crippen molar-refractivity contribution in [2.75, 3.05) is 5.32 Å². The summed E-state index contributed by atoms with van der Waals surface area (Å²) in [6.45, 7) is 0. The highest BCUT2D eigenvalue weighted by atomic mass is 19.4. The van der Waals surface area contributed by atoms with Crippen molar-refractivity contribution in [3.63, 3.8) is 0 Å². The molecule has 24 heavy (non-hydrogen) atoms. The van der Waals surface area contributed by atoms with Crippen LogP contribution in [-0.4, -0.2) is 16.9 Å². The van der Waals surface area contributed by atoms with E-state index in [-0.39, 0.29) is 11.6 Å². The minimum Gasteiger partial charge on any atom is -0.327 e. The normalized spacial score (nSPS) is 17.2. The lowest BCUT2D eigenvalue weighted by Gasteiger charge is -2.22. The molecule has 0 fully saturated rings. The molecule has 3 N–H and O–H groups in total. The smallest absolute Gasteiger partial charge is 0.327 e. The second-order valence-corrected chi connectivity index (χ2v) is 5.87. The molecule has 1 aromatic carbocycles. The van der Waals surface area contributed by atoms with Crippen LogP contribution in [0.5, 0.6) is 0 Å². The molecule has 1 heterocycles. The number of fused-ring (bicyclic) bond motifs is 1. The van der Waals surface area contributed by atoms with Crippen LogP contribution >= 0.6 is 0 Å². The van der Waals surface area contributed by atoms with Crippen LogP contribution in [0.15, 0.2) is 36.5 Å². The van der Waals surface area contributed by atoms with Gasteiger partial charge in [0.15, 0.2) is 0 Å². The molecule has 1 atom stereocenters. The van der Waals surface area contributed by atoms with Crippen LogP contribution in [0, 0.1) is 0 Å². The molecule has 0 bridgehead atoms. The Morgan fingerprint density at radius 3 is 2.67 bits per heavy atom. The highest BCUT2D eigenvalue weighted by Crippen LogP contribution is 2.27. The summed E-state index contributed by atoms with van der Waals surface area (Å²) in [5.74, 6) is -0.497. The van der Waals surface area contributed by atoms with Crippen LogP contribution < -0.4 is 11.1 Å². The van der Waals surface area contributed by atoms with Gasteiger partial charge in [0.2, 0.25) is 0 Å². The fraction of sp³-hybridized carbons (Fsp3) is 0.294. The van der Waals surface area contributed by atoms with Gasteiger partial charge in [-0.2, -0.15) is 13.2 Å². The first-order valence-electron chi connectivity index (χ1n) is 7.55. The minimum atomic E-state index is -4.52. The van der Waals surface area contributed by atoms with E-state index < -0.39 is 17.8 Å². The third-order valence-corrected chi connectivity index (χ3v) is 4.05. The zero-order chi connectivity index (χ0) is 17.3. The molecule has 3 rings (SSSR count). The Kier molecular flexibility index (Phi) is 4.28. The number of aromatic nitrogens is 1. The van der Waals surface area contributed by atoms with Crippen molar-refractivity contribution in [2.24, 2.45) is 5.73 Å². The Bertz CT molecular complexity index is 757. The van der Waals surface area contributed by atoms with Crippen LogP contribution in [0.3, 0.4) is 0 Å². The number of hydrogen-bond donors (Lipinski definition) is 2. The van der Waals surface area contributed by atoms with E-state index in [4.69, 9.17) is 5.73 Å². The number of nitrogens with one attached hydrogen (secondary N) is 1. The van der Waals surface area contributed by atoms with E-state index in [1.807, 2.05) is 12.1 Å². The molecule has 0 spiro atoms. The molecule has 0 saturated heterocycles. The number of hydrogen-bond acceptors (Lipinski definition) is 3. The number of amides is 1. The Morgan fingerprint density at radius 1 is 1.21 bits per heavy atom. The quantitative estimate of drug-likeness (QED) is 0.886. The van der Waals surface area contributed by atoms with Crippen molar-refractivity contribution < 1.29 is 18.0 Å². The van der Waals surface area contributed by atoms with Crippen molar-refractivity contribution in [1.82, 2.24) is 4.98 Å². The maximum absolute atomic E-state index is 12.5. The molecule has 1 amide bonds. The van der Waals surface area contributed by atoms with E-state index in [9.17, 15) is 18.0 Å². The summed E-state index contributed by atoms with van der Waals surface area (Å²) in [7, 11) is 0. The summed E-state index contributed by atoms with van der Waals surface area (Å²) in [5, 5.41) is 2.69. The maximum Gasteiger partial charge on any atom is 0.433 e. The average Bonchev–Trinajstić information content (AvgIpc) is 2.54. The third-order valence-electron chi connectivity index (χ3n) is 4.05. The fourth-order valence-corrected chi connectivity index (χ4v) is 2.76. The number of nitrogens with two attached hydrogens (primary N) is 1. The standard InChI is InChI=1S/C17H16F3N3O/c18-17(19,20)15-6-3-12(9-22-15)16(24)23-14-5-2-10-7-13(21)4-1-11(10)8-14/h2-3,5-6,8-9,13H,1,4,7,21H2,(H,23,24)/t13-/m0/s1. The summed E-state index contributed by atoms with van der Waals surface area (Å²) in [6, 6.07) is 7.65. The van der Waals surface area contributed by atoms with Crippen LogP contribution in [-0.2, 0) is 19.0 Å². The number of benzene rings is 1. The third kappa shape index (κ3) is 3.56. The highest BCUT2D eigenvalue weighted by molar-refractivity contribution is 6.04. The predicted octanol–water partition coefficient (Wildman–Crippen LogP) is 3.17. The van der Waals surface area contributed by atoms with Crippen molar-refractivity contribution in [3.8, 4) is 0 Å². The van der Waals surface area contributed by atoms with Gasteiger partial charge in [-0.1, -0.05) is 6.07 Å². The molecule has 4 nitrogen and oxygen atoms in total. The first-order valence-corrected chi connectivity index (χ1v) is 7.55. The maximum atomic E-state index is 12.5. The van der Waals surface area contributed by atoms with Gasteiger partial charge in [-0.05, 0) is 54.7 Å². The Hall–Kier alpha value is -2.41. The Balaban J connectivity index is 1.73. The SMILES string of the molecule is N[C@H]1CCc2cc(NC(=O)c3ccc(C(F)(F)F)nc3)ccc2C1. The lowest BCUT2D eigenvalue weighted by atomic mass is 9.88. The van der Waals surface area contributed by atoms with E-state index in [1.54, 1.807) is 6.07 Å². The molecular weight excluding hydrogens is 319 g/mol. The van der Waals surface area contributed by atoms with Crippen molar-refractivity contribution in [2.45, 2.75) is 31.5 Å². The monoisotopic (exact) mass is 335 g/mol. The van der Waals surface area contributed by atoms with Crippen LogP contribution in [0.4, 0.5) is 18.9 Å². The van der Waals surface area contributed by atoms with Gasteiger partial charge in [0.05, 0.1) is 5.56 Å². The number of pyridine rings is 1. The van der Waals surface area contributed by atoms with Crippen LogP contribution in [0.1, 0.15) is 33.6 Å². The first-order chi connectivity index (χ1) is 11.3. The number of anilines is 1. The fourth-order valence-electron chi connectivity index (χ4n) is 2.76. The molecule has 0 aliphatic heterocycles. The largest absolute Gasteiger partial charge is 0.433 e. The second-order valence-electron chi connectivity index (χ2n) is 5.87. The lowest BCUT2D eigenvalue weighted by molar-refractivity contribution is -0.141.